The number of nitrogens with zero attached hydrogens (tertiary/aromatic N) is 1. The Bertz CT molecular complexity index is 809. The topological polar surface area (TPSA) is 50.8 Å². The molecule has 1 heterocycles. The number of carbonyl (C=O) groups is 1. The van der Waals surface area contributed by atoms with Crippen LogP contribution in [0.15, 0.2) is 48.5 Å². The highest BCUT2D eigenvalue weighted by Gasteiger charge is 2.10. The summed E-state index contributed by atoms with van der Waals surface area (Å²) in [4.78, 5) is 14.7. The molecule has 0 atom stereocenters. The van der Waals surface area contributed by atoms with Crippen molar-refractivity contribution in [2.75, 3.05) is 32.6 Å². The number of likely N-dealkylation sites (tertiary alicyclic amines) is 1. The third-order valence-corrected chi connectivity index (χ3v) is 4.91. The van der Waals surface area contributed by atoms with Crippen molar-refractivity contribution in [3.8, 4) is 11.5 Å². The van der Waals surface area contributed by atoms with Crippen molar-refractivity contribution in [3.63, 3.8) is 0 Å². The molecule has 1 aliphatic rings. The highest BCUT2D eigenvalue weighted by Crippen LogP contribution is 2.28. The number of methoxy groups -OCH3 is 2. The van der Waals surface area contributed by atoms with E-state index < -0.39 is 0 Å². The average Bonchev–Trinajstić information content (AvgIpc) is 2.74. The summed E-state index contributed by atoms with van der Waals surface area (Å²) in [7, 11) is 3.19. The zero-order valence-electron chi connectivity index (χ0n) is 16.6. The zero-order valence-corrected chi connectivity index (χ0v) is 16.6. The second-order valence-corrected chi connectivity index (χ2v) is 6.97. The Balaban J connectivity index is 1.54. The van der Waals surface area contributed by atoms with E-state index in [4.69, 9.17) is 9.47 Å². The number of amides is 1. The summed E-state index contributed by atoms with van der Waals surface area (Å²) in [5, 5.41) is 2.90. The molecule has 5 nitrogen and oxygen atoms in total. The van der Waals surface area contributed by atoms with Crippen LogP contribution in [-0.2, 0) is 11.3 Å². The highest BCUT2D eigenvalue weighted by molar-refractivity contribution is 6.01. The van der Waals surface area contributed by atoms with E-state index in [2.05, 4.69) is 22.3 Å². The van der Waals surface area contributed by atoms with Gasteiger partial charge in [0, 0.05) is 18.3 Å². The molecule has 2 aromatic carbocycles. The molecule has 0 aliphatic carbocycles. The molecule has 1 N–H and O–H groups in total. The molecule has 0 bridgehead atoms. The molecule has 0 spiro atoms. The first-order valence-electron chi connectivity index (χ1n) is 9.70. The van der Waals surface area contributed by atoms with Gasteiger partial charge in [-0.25, -0.2) is 0 Å². The van der Waals surface area contributed by atoms with Gasteiger partial charge >= 0.3 is 0 Å². The lowest BCUT2D eigenvalue weighted by Gasteiger charge is -2.26. The first kappa shape index (κ1) is 20.0. The fraction of sp³-hybridized carbons (Fsp3) is 0.348. The average molecular weight is 380 g/mol. The van der Waals surface area contributed by atoms with E-state index in [0.29, 0.717) is 11.5 Å². The molecule has 0 radical (unpaired) electrons. The van der Waals surface area contributed by atoms with Crippen molar-refractivity contribution in [1.82, 2.24) is 4.90 Å². The maximum Gasteiger partial charge on any atom is 0.248 e. The molecule has 1 saturated heterocycles. The van der Waals surface area contributed by atoms with Crippen LogP contribution in [0.1, 0.15) is 30.4 Å². The van der Waals surface area contributed by atoms with E-state index in [1.165, 1.54) is 44.0 Å². The van der Waals surface area contributed by atoms with Crippen LogP contribution >= 0.6 is 0 Å². The Kier molecular flexibility index (Phi) is 7.09. The Labute approximate surface area is 167 Å². The number of piperidine rings is 1. The van der Waals surface area contributed by atoms with E-state index >= 15 is 0 Å². The quantitative estimate of drug-likeness (QED) is 0.726. The molecular weight excluding hydrogens is 352 g/mol. The van der Waals surface area contributed by atoms with Crippen LogP contribution in [0, 0.1) is 0 Å². The minimum absolute atomic E-state index is 0.168. The number of nitrogens with one attached hydrogen (secondary N) is 1. The summed E-state index contributed by atoms with van der Waals surface area (Å²) < 4.78 is 10.5. The number of benzene rings is 2. The Morgan fingerprint density at radius 1 is 1.00 bits per heavy atom. The molecular formula is C23H28N2O3. The van der Waals surface area contributed by atoms with E-state index in [0.717, 1.165) is 17.8 Å². The van der Waals surface area contributed by atoms with Crippen LogP contribution < -0.4 is 14.8 Å². The van der Waals surface area contributed by atoms with Crippen LogP contribution in [-0.4, -0.2) is 38.1 Å². The minimum Gasteiger partial charge on any atom is -0.493 e. The number of hydrogen-bond acceptors (Lipinski definition) is 4. The van der Waals surface area contributed by atoms with Crippen molar-refractivity contribution in [3.05, 3.63) is 59.7 Å². The molecule has 0 saturated carbocycles. The monoisotopic (exact) mass is 380 g/mol. The second-order valence-electron chi connectivity index (χ2n) is 6.97. The summed E-state index contributed by atoms with van der Waals surface area (Å²) in [5.41, 5.74) is 2.94. The van der Waals surface area contributed by atoms with E-state index in [-0.39, 0.29) is 5.91 Å². The first-order valence-corrected chi connectivity index (χ1v) is 9.70. The number of hydrogen-bond donors (Lipinski definition) is 1. The van der Waals surface area contributed by atoms with Crippen molar-refractivity contribution < 1.29 is 14.3 Å². The molecule has 148 valence electrons. The van der Waals surface area contributed by atoms with Crippen LogP contribution in [0.3, 0.4) is 0 Å². The van der Waals surface area contributed by atoms with Crippen LogP contribution in [0.25, 0.3) is 6.08 Å². The fourth-order valence-electron chi connectivity index (χ4n) is 3.38. The lowest BCUT2D eigenvalue weighted by Crippen LogP contribution is -2.29. The first-order chi connectivity index (χ1) is 13.7. The predicted octanol–water partition coefficient (Wildman–Crippen LogP) is 4.34. The molecule has 2 aromatic rings. The Morgan fingerprint density at radius 2 is 1.71 bits per heavy atom. The number of rotatable bonds is 7. The van der Waals surface area contributed by atoms with Gasteiger partial charge in [-0.05, 0) is 67.4 Å². The third kappa shape index (κ3) is 5.60. The van der Waals surface area contributed by atoms with E-state index in [1.54, 1.807) is 20.3 Å². The van der Waals surface area contributed by atoms with Crippen molar-refractivity contribution >= 4 is 17.7 Å². The van der Waals surface area contributed by atoms with Gasteiger partial charge in [-0.3, -0.25) is 9.69 Å². The zero-order chi connectivity index (χ0) is 19.8. The Hall–Kier alpha value is -2.79. The van der Waals surface area contributed by atoms with Gasteiger partial charge in [-0.1, -0.05) is 24.6 Å². The van der Waals surface area contributed by atoms with Gasteiger partial charge in [0.1, 0.15) is 0 Å². The highest BCUT2D eigenvalue weighted by atomic mass is 16.5. The van der Waals surface area contributed by atoms with Crippen molar-refractivity contribution in [2.24, 2.45) is 0 Å². The summed E-state index contributed by atoms with van der Waals surface area (Å²) in [6, 6.07) is 13.6. The second kappa shape index (κ2) is 9.95. The normalized spacial score (nSPS) is 14.8. The van der Waals surface area contributed by atoms with Crippen molar-refractivity contribution in [2.45, 2.75) is 25.8 Å². The van der Waals surface area contributed by atoms with Gasteiger partial charge in [0.2, 0.25) is 5.91 Å². The number of ether oxygens (including phenoxy) is 2. The molecule has 5 heteroatoms. The SMILES string of the molecule is COc1ccc(/C=C/C(=O)Nc2ccc(CN3CCCCC3)cc2)cc1OC. The van der Waals surface area contributed by atoms with Crippen LogP contribution in [0.5, 0.6) is 11.5 Å². The number of anilines is 1. The summed E-state index contributed by atoms with van der Waals surface area (Å²) in [6.07, 6.45) is 7.20. The molecule has 1 aliphatic heterocycles. The Morgan fingerprint density at radius 3 is 2.39 bits per heavy atom. The molecule has 1 amide bonds. The van der Waals surface area contributed by atoms with Gasteiger partial charge in [-0.2, -0.15) is 0 Å². The largest absolute Gasteiger partial charge is 0.493 e. The standard InChI is InChI=1S/C23H28N2O3/c1-27-21-12-8-18(16-22(21)28-2)9-13-23(26)24-20-10-6-19(7-11-20)17-25-14-4-3-5-15-25/h6-13,16H,3-5,14-15,17H2,1-2H3,(H,24,26)/b13-9+. The van der Waals surface area contributed by atoms with Gasteiger partial charge in [0.05, 0.1) is 14.2 Å². The summed E-state index contributed by atoms with van der Waals surface area (Å²) in [6.45, 7) is 3.34. The minimum atomic E-state index is -0.168. The summed E-state index contributed by atoms with van der Waals surface area (Å²) >= 11 is 0. The maximum absolute atomic E-state index is 12.2. The maximum atomic E-state index is 12.2. The van der Waals surface area contributed by atoms with E-state index in [1.807, 2.05) is 30.3 Å². The van der Waals surface area contributed by atoms with Gasteiger partial charge in [0.25, 0.3) is 0 Å². The van der Waals surface area contributed by atoms with Crippen LogP contribution in [0.4, 0.5) is 5.69 Å². The number of carbonyl (C=O) groups excluding carboxylic acids is 1. The lowest BCUT2D eigenvalue weighted by molar-refractivity contribution is -0.111. The van der Waals surface area contributed by atoms with E-state index in [9.17, 15) is 4.79 Å². The predicted molar refractivity (Wildman–Crippen MR) is 113 cm³/mol. The molecule has 3 rings (SSSR count). The fourth-order valence-corrected chi connectivity index (χ4v) is 3.38. The lowest BCUT2D eigenvalue weighted by atomic mass is 10.1. The van der Waals surface area contributed by atoms with Gasteiger partial charge < -0.3 is 14.8 Å². The molecule has 1 fully saturated rings. The third-order valence-electron chi connectivity index (χ3n) is 4.91. The van der Waals surface area contributed by atoms with Gasteiger partial charge in [0.15, 0.2) is 11.5 Å². The van der Waals surface area contributed by atoms with Crippen LogP contribution in [0.2, 0.25) is 0 Å². The molecule has 28 heavy (non-hydrogen) atoms. The molecule has 0 aromatic heterocycles. The van der Waals surface area contributed by atoms with Crippen molar-refractivity contribution in [1.29, 1.82) is 0 Å². The smallest absolute Gasteiger partial charge is 0.248 e. The van der Waals surface area contributed by atoms with Gasteiger partial charge in [-0.15, -0.1) is 0 Å². The molecule has 0 unspecified atom stereocenters. The summed E-state index contributed by atoms with van der Waals surface area (Å²) in [5.74, 6) is 1.13.